The number of benzene rings is 2. The van der Waals surface area contributed by atoms with Crippen molar-refractivity contribution in [3.63, 3.8) is 0 Å². The van der Waals surface area contributed by atoms with Crippen LogP contribution in [0.2, 0.25) is 0 Å². The minimum Gasteiger partial charge on any atom is -0.444 e. The Morgan fingerprint density at radius 3 is 2.03 bits per heavy atom. The predicted molar refractivity (Wildman–Crippen MR) is 106 cm³/mol. The molecule has 11 nitrogen and oxygen atoms in total. The number of hydrogen-bond acceptors (Lipinski definition) is 8. The van der Waals surface area contributed by atoms with Crippen LogP contribution in [0, 0.1) is 27.2 Å². The van der Waals surface area contributed by atoms with Gasteiger partial charge in [0.15, 0.2) is 5.75 Å². The van der Waals surface area contributed by atoms with Gasteiger partial charge in [0, 0.05) is 12.1 Å². The first-order chi connectivity index (χ1) is 13.9. The molecule has 0 aliphatic carbocycles. The number of rotatable bonds is 5. The third-order valence-corrected chi connectivity index (χ3v) is 3.54. The van der Waals surface area contributed by atoms with Crippen molar-refractivity contribution >= 4 is 29.1 Å². The number of esters is 1. The summed E-state index contributed by atoms with van der Waals surface area (Å²) in [6, 6.07) is 7.06. The summed E-state index contributed by atoms with van der Waals surface area (Å²) < 4.78 is 10.4. The van der Waals surface area contributed by atoms with E-state index in [0.29, 0.717) is 5.56 Å². The van der Waals surface area contributed by atoms with Crippen molar-refractivity contribution in [3.8, 4) is 5.75 Å². The molecule has 1 N–H and O–H groups in total. The van der Waals surface area contributed by atoms with E-state index in [0.717, 1.165) is 18.2 Å². The van der Waals surface area contributed by atoms with Crippen LogP contribution < -0.4 is 10.1 Å². The number of nitro groups is 2. The zero-order valence-corrected chi connectivity index (χ0v) is 16.6. The Balaban J connectivity index is 2.35. The van der Waals surface area contributed by atoms with Crippen molar-refractivity contribution in [2.24, 2.45) is 0 Å². The Hall–Kier alpha value is -4.02. The summed E-state index contributed by atoms with van der Waals surface area (Å²) in [4.78, 5) is 44.9. The van der Waals surface area contributed by atoms with Gasteiger partial charge in [-0.25, -0.2) is 9.59 Å². The number of hydrogen-bond donors (Lipinski definition) is 1. The average molecular weight is 417 g/mol. The number of carbonyl (C=O) groups excluding carboxylic acids is 2. The van der Waals surface area contributed by atoms with Crippen LogP contribution in [-0.2, 0) is 4.74 Å². The topological polar surface area (TPSA) is 151 Å². The van der Waals surface area contributed by atoms with Crippen molar-refractivity contribution < 1.29 is 28.9 Å². The SMILES string of the molecule is Cc1ccc(NC(=O)OC(C)(C)C)c(OC(=O)c2cc([N+](=O)[O-])cc([N+](=O)[O-])c2)c1. The van der Waals surface area contributed by atoms with E-state index in [1.165, 1.54) is 12.1 Å². The quantitative estimate of drug-likeness (QED) is 0.326. The van der Waals surface area contributed by atoms with Gasteiger partial charge >= 0.3 is 12.1 Å². The first kappa shape index (κ1) is 22.3. The number of aryl methyl sites for hydroxylation is 1. The molecule has 2 aromatic rings. The third-order valence-electron chi connectivity index (χ3n) is 3.54. The molecule has 1 amide bonds. The molecule has 0 bridgehead atoms. The highest BCUT2D eigenvalue weighted by molar-refractivity contribution is 5.94. The maximum atomic E-state index is 12.5. The van der Waals surface area contributed by atoms with Crippen LogP contribution in [-0.4, -0.2) is 27.5 Å². The van der Waals surface area contributed by atoms with Crippen LogP contribution in [0.3, 0.4) is 0 Å². The molecular weight excluding hydrogens is 398 g/mol. The number of nitrogens with one attached hydrogen (secondary N) is 1. The van der Waals surface area contributed by atoms with Gasteiger partial charge in [0.25, 0.3) is 11.4 Å². The molecule has 0 radical (unpaired) electrons. The summed E-state index contributed by atoms with van der Waals surface area (Å²) >= 11 is 0. The zero-order valence-electron chi connectivity index (χ0n) is 16.6. The van der Waals surface area contributed by atoms with Gasteiger partial charge in [-0.2, -0.15) is 0 Å². The van der Waals surface area contributed by atoms with E-state index in [2.05, 4.69) is 5.32 Å². The van der Waals surface area contributed by atoms with Crippen LogP contribution in [0.5, 0.6) is 5.75 Å². The Labute approximate surface area is 170 Å². The summed E-state index contributed by atoms with van der Waals surface area (Å²) in [5, 5.41) is 24.5. The summed E-state index contributed by atoms with van der Waals surface area (Å²) in [7, 11) is 0. The van der Waals surface area contributed by atoms with Crippen LogP contribution in [0.25, 0.3) is 0 Å². The fraction of sp³-hybridized carbons (Fsp3) is 0.263. The maximum absolute atomic E-state index is 12.5. The number of nitro benzene ring substituents is 2. The van der Waals surface area contributed by atoms with E-state index in [-0.39, 0.29) is 17.0 Å². The van der Waals surface area contributed by atoms with Crippen molar-refractivity contribution in [3.05, 3.63) is 67.8 Å². The first-order valence-corrected chi connectivity index (χ1v) is 8.62. The summed E-state index contributed by atoms with van der Waals surface area (Å²) in [5.74, 6) is -1.13. The van der Waals surface area contributed by atoms with E-state index in [1.807, 2.05) is 0 Å². The molecule has 30 heavy (non-hydrogen) atoms. The fourth-order valence-electron chi connectivity index (χ4n) is 2.31. The van der Waals surface area contributed by atoms with Crippen molar-refractivity contribution in [1.29, 1.82) is 0 Å². The van der Waals surface area contributed by atoms with Crippen molar-refractivity contribution in [2.45, 2.75) is 33.3 Å². The summed E-state index contributed by atoms with van der Waals surface area (Å²) in [6.07, 6.45) is -0.783. The molecular formula is C19H19N3O8. The van der Waals surface area contributed by atoms with Gasteiger partial charge in [-0.15, -0.1) is 0 Å². The number of ether oxygens (including phenoxy) is 2. The molecule has 11 heteroatoms. The van der Waals surface area contributed by atoms with Gasteiger partial charge in [0.05, 0.1) is 27.2 Å². The van der Waals surface area contributed by atoms with Crippen LogP contribution in [0.4, 0.5) is 21.9 Å². The Bertz CT molecular complexity index is 995. The minimum atomic E-state index is -1.07. The van der Waals surface area contributed by atoms with Gasteiger partial charge < -0.3 is 9.47 Å². The molecule has 0 aromatic heterocycles. The van der Waals surface area contributed by atoms with Gasteiger partial charge in [-0.3, -0.25) is 25.5 Å². The second-order valence-electron chi connectivity index (χ2n) is 7.27. The van der Waals surface area contributed by atoms with E-state index in [4.69, 9.17) is 9.47 Å². The lowest BCUT2D eigenvalue weighted by Crippen LogP contribution is -2.27. The molecule has 2 rings (SSSR count). The molecule has 0 saturated carbocycles. The molecule has 0 saturated heterocycles. The number of anilines is 1. The molecule has 2 aromatic carbocycles. The lowest BCUT2D eigenvalue weighted by atomic mass is 10.1. The smallest absolute Gasteiger partial charge is 0.412 e. The molecule has 0 heterocycles. The molecule has 0 aliphatic heterocycles. The number of nitrogens with zero attached hydrogens (tertiary/aromatic N) is 2. The minimum absolute atomic E-state index is 0.0555. The lowest BCUT2D eigenvalue weighted by Gasteiger charge is -2.20. The van der Waals surface area contributed by atoms with Gasteiger partial charge in [-0.1, -0.05) is 6.07 Å². The van der Waals surface area contributed by atoms with E-state index < -0.39 is 38.9 Å². The third kappa shape index (κ3) is 5.99. The predicted octanol–water partition coefficient (Wildman–Crippen LogP) is 4.38. The monoisotopic (exact) mass is 417 g/mol. The highest BCUT2D eigenvalue weighted by atomic mass is 16.6. The molecule has 0 unspecified atom stereocenters. The van der Waals surface area contributed by atoms with E-state index in [1.54, 1.807) is 33.8 Å². The molecule has 0 fully saturated rings. The lowest BCUT2D eigenvalue weighted by molar-refractivity contribution is -0.394. The van der Waals surface area contributed by atoms with E-state index >= 15 is 0 Å². The first-order valence-electron chi connectivity index (χ1n) is 8.62. The largest absolute Gasteiger partial charge is 0.444 e. The van der Waals surface area contributed by atoms with Gasteiger partial charge in [0.2, 0.25) is 0 Å². The highest BCUT2D eigenvalue weighted by Crippen LogP contribution is 2.29. The van der Waals surface area contributed by atoms with Crippen LogP contribution in [0.15, 0.2) is 36.4 Å². The molecule has 0 aliphatic rings. The molecule has 158 valence electrons. The number of carbonyl (C=O) groups is 2. The van der Waals surface area contributed by atoms with Crippen LogP contribution in [0.1, 0.15) is 36.7 Å². The van der Waals surface area contributed by atoms with Gasteiger partial charge in [-0.05, 0) is 45.4 Å². The van der Waals surface area contributed by atoms with Crippen LogP contribution >= 0.6 is 0 Å². The Morgan fingerprint density at radius 1 is 0.967 bits per heavy atom. The number of amides is 1. The second-order valence-corrected chi connectivity index (χ2v) is 7.27. The summed E-state index contributed by atoms with van der Waals surface area (Å²) in [5.41, 5.74) is -1.60. The standard InChI is InChI=1S/C19H19N3O8/c1-11-5-6-15(20-18(24)30-19(2,3)4)16(7-11)29-17(23)12-8-13(21(25)26)10-14(9-12)22(27)28/h5-10H,1-4H3,(H,20,24). The van der Waals surface area contributed by atoms with Gasteiger partial charge in [0.1, 0.15) is 5.60 Å². The fourth-order valence-corrected chi connectivity index (χ4v) is 2.31. The van der Waals surface area contributed by atoms with Crippen molar-refractivity contribution in [1.82, 2.24) is 0 Å². The van der Waals surface area contributed by atoms with Crippen molar-refractivity contribution in [2.75, 3.05) is 5.32 Å². The normalized spacial score (nSPS) is 10.8. The molecule has 0 atom stereocenters. The second kappa shape index (κ2) is 8.55. The average Bonchev–Trinajstić information content (AvgIpc) is 2.61. The Morgan fingerprint density at radius 2 is 1.53 bits per heavy atom. The maximum Gasteiger partial charge on any atom is 0.412 e. The molecule has 0 spiro atoms. The summed E-state index contributed by atoms with van der Waals surface area (Å²) in [6.45, 7) is 6.75. The zero-order chi connectivity index (χ0) is 22.6. The Kier molecular flexibility index (Phi) is 6.35. The van der Waals surface area contributed by atoms with E-state index in [9.17, 15) is 29.8 Å². The highest BCUT2D eigenvalue weighted by Gasteiger charge is 2.23. The number of non-ortho nitro benzene ring substituents is 2.